The molecular weight excluding hydrogens is 499 g/mol. The number of likely N-dealkylation sites (tertiary alicyclic amines) is 1. The lowest BCUT2D eigenvalue weighted by Crippen LogP contribution is -2.46. The van der Waals surface area contributed by atoms with Crippen LogP contribution in [0.4, 0.5) is 5.69 Å². The van der Waals surface area contributed by atoms with Gasteiger partial charge >= 0.3 is 0 Å². The van der Waals surface area contributed by atoms with Gasteiger partial charge in [-0.2, -0.15) is 0 Å². The molecule has 2 aliphatic heterocycles. The third-order valence-corrected chi connectivity index (χ3v) is 6.40. The van der Waals surface area contributed by atoms with Crippen LogP contribution in [0.5, 0.6) is 0 Å². The first kappa shape index (κ1) is 26.2. The van der Waals surface area contributed by atoms with E-state index in [0.29, 0.717) is 6.04 Å². The Balaban J connectivity index is 0.00000341. The van der Waals surface area contributed by atoms with Crippen LogP contribution in [0, 0.1) is 0 Å². The average molecular weight is 543 g/mol. The third-order valence-electron chi connectivity index (χ3n) is 6.40. The van der Waals surface area contributed by atoms with Gasteiger partial charge in [0.05, 0.1) is 6.54 Å². The first-order valence-electron chi connectivity index (χ1n) is 12.1. The van der Waals surface area contributed by atoms with E-state index < -0.39 is 0 Å². The molecule has 2 heterocycles. The summed E-state index contributed by atoms with van der Waals surface area (Å²) in [6.07, 6.45) is 5.03. The van der Waals surface area contributed by atoms with Crippen molar-refractivity contribution in [3.63, 3.8) is 0 Å². The predicted molar refractivity (Wildman–Crippen MR) is 144 cm³/mol. The molecule has 176 valence electrons. The van der Waals surface area contributed by atoms with E-state index in [1.807, 2.05) is 0 Å². The lowest BCUT2D eigenvalue weighted by molar-refractivity contribution is 0.253. The number of nitrogens with one attached hydrogen (secondary N) is 2. The molecule has 2 saturated heterocycles. The number of hydrogen-bond acceptors (Lipinski definition) is 4. The number of piperazine rings is 1. The molecule has 0 bridgehead atoms. The number of hydrogen-bond donors (Lipinski definition) is 2. The standard InChI is InChI=1S/C24H42N6.HI/c1-3-25-24(27-21-23-13-10-16-29(23)4-2)26-14-8-9-15-28-17-19-30(20-18-28)22-11-6-5-7-12-22;/h5-7,11-12,23H,3-4,8-10,13-21H2,1-2H3,(H2,25,26,27);1H. The topological polar surface area (TPSA) is 46.1 Å². The highest BCUT2D eigenvalue weighted by molar-refractivity contribution is 14.0. The Morgan fingerprint density at radius 2 is 1.77 bits per heavy atom. The minimum Gasteiger partial charge on any atom is -0.369 e. The van der Waals surface area contributed by atoms with Gasteiger partial charge in [0.2, 0.25) is 0 Å². The monoisotopic (exact) mass is 542 g/mol. The summed E-state index contributed by atoms with van der Waals surface area (Å²) in [5.74, 6) is 0.983. The molecule has 0 aromatic heterocycles. The summed E-state index contributed by atoms with van der Waals surface area (Å²) in [5, 5.41) is 6.94. The molecule has 31 heavy (non-hydrogen) atoms. The molecular formula is C24H43IN6. The summed E-state index contributed by atoms with van der Waals surface area (Å²) in [7, 11) is 0. The van der Waals surface area contributed by atoms with Gasteiger partial charge < -0.3 is 15.5 Å². The van der Waals surface area contributed by atoms with E-state index in [-0.39, 0.29) is 24.0 Å². The second kappa shape index (κ2) is 14.9. The molecule has 6 nitrogen and oxygen atoms in total. The summed E-state index contributed by atoms with van der Waals surface area (Å²) in [4.78, 5) is 12.5. The highest BCUT2D eigenvalue weighted by Gasteiger charge is 2.22. The molecule has 1 aromatic rings. The van der Waals surface area contributed by atoms with Gasteiger partial charge in [0.1, 0.15) is 0 Å². The molecule has 0 aliphatic carbocycles. The van der Waals surface area contributed by atoms with E-state index in [0.717, 1.165) is 45.2 Å². The van der Waals surface area contributed by atoms with E-state index in [2.05, 4.69) is 69.5 Å². The summed E-state index contributed by atoms with van der Waals surface area (Å²) < 4.78 is 0. The van der Waals surface area contributed by atoms with Crippen molar-refractivity contribution < 1.29 is 0 Å². The second-order valence-corrected chi connectivity index (χ2v) is 8.44. The molecule has 2 fully saturated rings. The Labute approximate surface area is 206 Å². The maximum Gasteiger partial charge on any atom is 0.191 e. The molecule has 1 atom stereocenters. The molecule has 0 saturated carbocycles. The number of guanidine groups is 1. The largest absolute Gasteiger partial charge is 0.369 e. The number of rotatable bonds is 10. The fraction of sp³-hybridized carbons (Fsp3) is 0.708. The van der Waals surface area contributed by atoms with Crippen LogP contribution in [0.2, 0.25) is 0 Å². The number of para-hydroxylation sites is 1. The molecule has 0 amide bonds. The quantitative estimate of drug-likeness (QED) is 0.206. The number of benzene rings is 1. The molecule has 2 aliphatic rings. The average Bonchev–Trinajstić information content (AvgIpc) is 3.26. The van der Waals surface area contributed by atoms with Gasteiger partial charge in [-0.15, -0.1) is 24.0 Å². The number of anilines is 1. The van der Waals surface area contributed by atoms with Crippen LogP contribution in [0.15, 0.2) is 35.3 Å². The van der Waals surface area contributed by atoms with Gasteiger partial charge in [-0.3, -0.25) is 14.8 Å². The van der Waals surface area contributed by atoms with Crippen LogP contribution in [-0.4, -0.2) is 87.2 Å². The fourth-order valence-corrected chi connectivity index (χ4v) is 4.59. The van der Waals surface area contributed by atoms with E-state index in [1.165, 1.54) is 57.5 Å². The molecule has 7 heteroatoms. The molecule has 3 rings (SSSR count). The summed E-state index contributed by atoms with van der Waals surface area (Å²) in [6.45, 7) is 15.4. The zero-order valence-electron chi connectivity index (χ0n) is 19.6. The van der Waals surface area contributed by atoms with Crippen molar-refractivity contribution in [3.05, 3.63) is 30.3 Å². The highest BCUT2D eigenvalue weighted by atomic mass is 127. The second-order valence-electron chi connectivity index (χ2n) is 8.44. The molecule has 0 radical (unpaired) electrons. The van der Waals surface area contributed by atoms with E-state index in [1.54, 1.807) is 0 Å². The lowest BCUT2D eigenvalue weighted by Gasteiger charge is -2.36. The van der Waals surface area contributed by atoms with Crippen LogP contribution in [0.25, 0.3) is 0 Å². The first-order valence-corrected chi connectivity index (χ1v) is 12.1. The number of nitrogens with zero attached hydrogens (tertiary/aromatic N) is 4. The molecule has 1 unspecified atom stereocenters. The smallest absolute Gasteiger partial charge is 0.191 e. The minimum absolute atomic E-state index is 0. The van der Waals surface area contributed by atoms with Crippen LogP contribution in [0.3, 0.4) is 0 Å². The van der Waals surface area contributed by atoms with Crippen molar-refractivity contribution in [1.29, 1.82) is 0 Å². The SMILES string of the molecule is CCNC(=NCC1CCCN1CC)NCCCCN1CCN(c2ccccc2)CC1.I. The van der Waals surface area contributed by atoms with Crippen LogP contribution >= 0.6 is 24.0 Å². The maximum atomic E-state index is 4.86. The fourth-order valence-electron chi connectivity index (χ4n) is 4.59. The van der Waals surface area contributed by atoms with E-state index >= 15 is 0 Å². The van der Waals surface area contributed by atoms with Crippen molar-refractivity contribution >= 4 is 35.6 Å². The minimum atomic E-state index is 0. The van der Waals surface area contributed by atoms with E-state index in [9.17, 15) is 0 Å². The van der Waals surface area contributed by atoms with Gasteiger partial charge in [-0.1, -0.05) is 25.1 Å². The normalized spacial score (nSPS) is 20.5. The third kappa shape index (κ3) is 8.77. The number of unbranched alkanes of at least 4 members (excludes halogenated alkanes) is 1. The first-order chi connectivity index (χ1) is 14.8. The Hall–Kier alpha value is -1.06. The predicted octanol–water partition coefficient (Wildman–Crippen LogP) is 3.25. The van der Waals surface area contributed by atoms with Crippen molar-refractivity contribution in [3.8, 4) is 0 Å². The summed E-state index contributed by atoms with van der Waals surface area (Å²) >= 11 is 0. The Kier molecular flexibility index (Phi) is 12.6. The molecule has 1 aromatic carbocycles. The Bertz CT molecular complexity index is 618. The Morgan fingerprint density at radius 1 is 1.00 bits per heavy atom. The van der Waals surface area contributed by atoms with Gasteiger partial charge in [0.25, 0.3) is 0 Å². The van der Waals surface area contributed by atoms with Gasteiger partial charge in [-0.05, 0) is 64.4 Å². The molecule has 0 spiro atoms. The summed E-state index contributed by atoms with van der Waals surface area (Å²) in [5.41, 5.74) is 1.36. The number of aliphatic imine (C=N–C) groups is 1. The highest BCUT2D eigenvalue weighted by Crippen LogP contribution is 2.17. The zero-order chi connectivity index (χ0) is 21.0. The molecule has 2 N–H and O–H groups in total. The van der Waals surface area contributed by atoms with Gasteiger partial charge in [0, 0.05) is 51.0 Å². The van der Waals surface area contributed by atoms with Crippen LogP contribution in [0.1, 0.15) is 39.5 Å². The lowest BCUT2D eigenvalue weighted by atomic mass is 10.2. The van der Waals surface area contributed by atoms with Crippen LogP contribution < -0.4 is 15.5 Å². The van der Waals surface area contributed by atoms with Crippen molar-refractivity contribution in [1.82, 2.24) is 20.4 Å². The zero-order valence-corrected chi connectivity index (χ0v) is 21.9. The number of likely N-dealkylation sites (N-methyl/N-ethyl adjacent to an activating group) is 1. The van der Waals surface area contributed by atoms with Gasteiger partial charge in [-0.25, -0.2) is 0 Å². The van der Waals surface area contributed by atoms with Crippen molar-refractivity contribution in [2.24, 2.45) is 4.99 Å². The number of halogens is 1. The van der Waals surface area contributed by atoms with Gasteiger partial charge in [0.15, 0.2) is 5.96 Å². The van der Waals surface area contributed by atoms with Crippen LogP contribution in [-0.2, 0) is 0 Å². The summed E-state index contributed by atoms with van der Waals surface area (Å²) in [6, 6.07) is 11.4. The van der Waals surface area contributed by atoms with E-state index in [4.69, 9.17) is 4.99 Å². The van der Waals surface area contributed by atoms with Crippen molar-refractivity contribution in [2.75, 3.05) is 70.3 Å². The maximum absolute atomic E-state index is 4.86. The van der Waals surface area contributed by atoms with Crippen molar-refractivity contribution in [2.45, 2.75) is 45.6 Å². The Morgan fingerprint density at radius 3 is 2.48 bits per heavy atom.